The Labute approximate surface area is 182 Å². The van der Waals surface area contributed by atoms with Crippen LogP contribution in [0.2, 0.25) is 0 Å². The van der Waals surface area contributed by atoms with Gasteiger partial charge in [-0.2, -0.15) is 5.10 Å². The number of aromatic amines is 1. The van der Waals surface area contributed by atoms with Crippen LogP contribution in [0.15, 0.2) is 73.4 Å². The van der Waals surface area contributed by atoms with Gasteiger partial charge >= 0.3 is 0 Å². The van der Waals surface area contributed by atoms with Gasteiger partial charge in [-0.25, -0.2) is 9.97 Å². The van der Waals surface area contributed by atoms with Gasteiger partial charge in [-0.05, 0) is 35.9 Å². The van der Waals surface area contributed by atoms with Crippen molar-refractivity contribution < 1.29 is 0 Å². The average molecular weight is 418 g/mol. The van der Waals surface area contributed by atoms with Crippen LogP contribution in [0.5, 0.6) is 0 Å². The van der Waals surface area contributed by atoms with E-state index in [1.165, 1.54) is 0 Å². The highest BCUT2D eigenvalue weighted by molar-refractivity contribution is 5.97. The summed E-state index contributed by atoms with van der Waals surface area (Å²) in [5.41, 5.74) is 13.8. The Morgan fingerprint density at radius 2 is 1.75 bits per heavy atom. The van der Waals surface area contributed by atoms with Crippen LogP contribution in [0.1, 0.15) is 0 Å². The lowest BCUT2D eigenvalue weighted by atomic mass is 10.1. The lowest BCUT2D eigenvalue weighted by Gasteiger charge is -2.04. The van der Waals surface area contributed by atoms with Gasteiger partial charge in [0, 0.05) is 54.7 Å². The van der Waals surface area contributed by atoms with E-state index in [9.17, 15) is 0 Å². The molecule has 1 aromatic carbocycles. The molecule has 0 aliphatic rings. The summed E-state index contributed by atoms with van der Waals surface area (Å²) >= 11 is 0. The maximum Gasteiger partial charge on any atom is 0.181 e. The number of aryl methyl sites for hydroxylation is 1. The molecule has 0 saturated heterocycles. The van der Waals surface area contributed by atoms with Gasteiger partial charge in [0.15, 0.2) is 11.5 Å². The SMILES string of the molecule is Cn1c(-c2[nH]nc3ncc(-c4cncc(N)c4)cc23)nc2c(-c3ccncc3)cccc21. The summed E-state index contributed by atoms with van der Waals surface area (Å²) in [6.07, 6.45) is 8.76. The number of H-pyrrole nitrogens is 1. The third-order valence-electron chi connectivity index (χ3n) is 5.63. The molecule has 0 aliphatic heterocycles. The molecule has 8 heteroatoms. The van der Waals surface area contributed by atoms with Crippen LogP contribution in [0.25, 0.3) is 55.8 Å². The Hall–Kier alpha value is -4.59. The molecule has 0 amide bonds. The van der Waals surface area contributed by atoms with Crippen molar-refractivity contribution in [2.75, 3.05) is 5.73 Å². The summed E-state index contributed by atoms with van der Waals surface area (Å²) in [5, 5.41) is 8.42. The average Bonchev–Trinajstić information content (AvgIpc) is 3.40. The number of pyridine rings is 3. The van der Waals surface area contributed by atoms with Gasteiger partial charge in [-0.1, -0.05) is 12.1 Å². The normalized spacial score (nSPS) is 11.4. The molecule has 6 aromatic rings. The number of nitrogens with zero attached hydrogens (tertiary/aromatic N) is 6. The molecule has 0 spiro atoms. The molecular weight excluding hydrogens is 400 g/mol. The van der Waals surface area contributed by atoms with E-state index >= 15 is 0 Å². The minimum absolute atomic E-state index is 0.606. The third kappa shape index (κ3) is 2.81. The summed E-state index contributed by atoms with van der Waals surface area (Å²) in [6, 6.07) is 14.1. The first-order valence-corrected chi connectivity index (χ1v) is 10.1. The van der Waals surface area contributed by atoms with E-state index < -0.39 is 0 Å². The fraction of sp³-hybridized carbons (Fsp3) is 0.0417. The molecule has 5 heterocycles. The summed E-state index contributed by atoms with van der Waals surface area (Å²) < 4.78 is 2.07. The summed E-state index contributed by atoms with van der Waals surface area (Å²) in [5.74, 6) is 0.786. The predicted octanol–water partition coefficient (Wildman–Crippen LogP) is 4.22. The quantitative estimate of drug-likeness (QED) is 0.445. The van der Waals surface area contributed by atoms with Crippen molar-refractivity contribution in [3.63, 3.8) is 0 Å². The number of hydrogen-bond donors (Lipinski definition) is 2. The molecule has 0 saturated carbocycles. The predicted molar refractivity (Wildman–Crippen MR) is 124 cm³/mol. The van der Waals surface area contributed by atoms with Crippen molar-refractivity contribution in [2.24, 2.45) is 7.05 Å². The number of nitrogens with two attached hydrogens (primary N) is 1. The number of hydrogen-bond acceptors (Lipinski definition) is 6. The zero-order valence-corrected chi connectivity index (χ0v) is 17.2. The van der Waals surface area contributed by atoms with Gasteiger partial charge < -0.3 is 10.3 Å². The molecule has 154 valence electrons. The topological polar surface area (TPSA) is 111 Å². The zero-order valence-electron chi connectivity index (χ0n) is 17.2. The van der Waals surface area contributed by atoms with Crippen LogP contribution in [0.3, 0.4) is 0 Å². The third-order valence-corrected chi connectivity index (χ3v) is 5.63. The Balaban J connectivity index is 1.55. The number of para-hydroxylation sites is 1. The van der Waals surface area contributed by atoms with E-state index in [1.807, 2.05) is 37.4 Å². The van der Waals surface area contributed by atoms with Gasteiger partial charge in [-0.15, -0.1) is 0 Å². The van der Waals surface area contributed by atoms with E-state index in [1.54, 1.807) is 31.0 Å². The number of rotatable bonds is 3. The van der Waals surface area contributed by atoms with Gasteiger partial charge in [0.2, 0.25) is 0 Å². The number of benzene rings is 1. The second-order valence-corrected chi connectivity index (χ2v) is 7.60. The first kappa shape index (κ1) is 18.2. The van der Waals surface area contributed by atoms with Crippen LogP contribution in [-0.2, 0) is 7.05 Å². The molecule has 32 heavy (non-hydrogen) atoms. The fourth-order valence-electron chi connectivity index (χ4n) is 4.05. The highest BCUT2D eigenvalue weighted by Gasteiger charge is 2.18. The smallest absolute Gasteiger partial charge is 0.181 e. The van der Waals surface area contributed by atoms with Crippen molar-refractivity contribution >= 4 is 27.8 Å². The standard InChI is InChI=1S/C24H18N8/c1-32-20-4-2-3-18(14-5-7-26-8-6-14)21(20)29-24(32)22-19-10-16(12-28-23(19)31-30-22)15-9-17(25)13-27-11-15/h2-13H,25H2,1H3,(H,28,30,31). The van der Waals surface area contributed by atoms with E-state index in [4.69, 9.17) is 10.7 Å². The van der Waals surface area contributed by atoms with E-state index in [0.717, 1.165) is 50.2 Å². The summed E-state index contributed by atoms with van der Waals surface area (Å²) in [4.78, 5) is 17.9. The Morgan fingerprint density at radius 3 is 2.59 bits per heavy atom. The lowest BCUT2D eigenvalue weighted by Crippen LogP contribution is -1.93. The largest absolute Gasteiger partial charge is 0.397 e. The number of nitrogens with one attached hydrogen (secondary N) is 1. The molecule has 3 N–H and O–H groups in total. The number of fused-ring (bicyclic) bond motifs is 2. The van der Waals surface area contributed by atoms with Gasteiger partial charge in [0.1, 0.15) is 5.69 Å². The number of nitrogen functional groups attached to an aromatic ring is 1. The Kier molecular flexibility index (Phi) is 3.97. The molecular formula is C24H18N8. The number of aromatic nitrogens is 7. The van der Waals surface area contributed by atoms with Crippen LogP contribution < -0.4 is 5.73 Å². The highest BCUT2D eigenvalue weighted by atomic mass is 15.2. The van der Waals surface area contributed by atoms with Crippen LogP contribution in [0.4, 0.5) is 5.69 Å². The molecule has 5 aromatic heterocycles. The van der Waals surface area contributed by atoms with Crippen LogP contribution in [-0.4, -0.2) is 34.7 Å². The van der Waals surface area contributed by atoms with E-state index in [0.29, 0.717) is 11.3 Å². The Morgan fingerprint density at radius 1 is 0.906 bits per heavy atom. The zero-order chi connectivity index (χ0) is 21.7. The molecule has 8 nitrogen and oxygen atoms in total. The minimum atomic E-state index is 0.606. The number of imidazole rings is 1. The molecule has 0 atom stereocenters. The van der Waals surface area contributed by atoms with Crippen molar-refractivity contribution in [1.29, 1.82) is 0 Å². The van der Waals surface area contributed by atoms with E-state index in [2.05, 4.69) is 41.8 Å². The highest BCUT2D eigenvalue weighted by Crippen LogP contribution is 2.34. The summed E-state index contributed by atoms with van der Waals surface area (Å²) in [7, 11) is 2.01. The maximum absolute atomic E-state index is 5.92. The second kappa shape index (κ2) is 6.98. The molecule has 0 fully saturated rings. The molecule has 0 bridgehead atoms. The molecule has 0 unspecified atom stereocenters. The lowest BCUT2D eigenvalue weighted by molar-refractivity contribution is 0.945. The molecule has 6 rings (SSSR count). The monoisotopic (exact) mass is 418 g/mol. The van der Waals surface area contributed by atoms with Crippen LogP contribution >= 0.6 is 0 Å². The number of anilines is 1. The second-order valence-electron chi connectivity index (χ2n) is 7.60. The van der Waals surface area contributed by atoms with Crippen molar-refractivity contribution in [1.82, 2.24) is 34.7 Å². The van der Waals surface area contributed by atoms with Gasteiger partial charge in [-0.3, -0.25) is 15.1 Å². The minimum Gasteiger partial charge on any atom is -0.397 e. The van der Waals surface area contributed by atoms with Crippen molar-refractivity contribution in [2.45, 2.75) is 0 Å². The summed E-state index contributed by atoms with van der Waals surface area (Å²) in [6.45, 7) is 0. The first-order chi connectivity index (χ1) is 15.7. The maximum atomic E-state index is 5.92. The molecule has 0 radical (unpaired) electrons. The fourth-order valence-corrected chi connectivity index (χ4v) is 4.05. The van der Waals surface area contributed by atoms with Gasteiger partial charge in [0.25, 0.3) is 0 Å². The van der Waals surface area contributed by atoms with Gasteiger partial charge in [0.05, 0.1) is 22.1 Å². The molecule has 0 aliphatic carbocycles. The van der Waals surface area contributed by atoms with Crippen LogP contribution in [0, 0.1) is 0 Å². The van der Waals surface area contributed by atoms with Crippen molar-refractivity contribution in [3.05, 3.63) is 73.4 Å². The Bertz CT molecular complexity index is 1600. The van der Waals surface area contributed by atoms with Crippen molar-refractivity contribution in [3.8, 4) is 33.8 Å². The van der Waals surface area contributed by atoms with E-state index in [-0.39, 0.29) is 0 Å². The first-order valence-electron chi connectivity index (χ1n) is 10.1.